The van der Waals surface area contributed by atoms with Gasteiger partial charge in [0.2, 0.25) is 20.0 Å². The Bertz CT molecular complexity index is 691. The van der Waals surface area contributed by atoms with E-state index in [2.05, 4.69) is 15.0 Å². The average Bonchev–Trinajstić information content (AvgIpc) is 2.36. The Labute approximate surface area is 129 Å². The molecule has 0 fully saturated rings. The van der Waals surface area contributed by atoms with Gasteiger partial charge in [-0.05, 0) is 19.4 Å². The van der Waals surface area contributed by atoms with Crippen LogP contribution >= 0.6 is 11.6 Å². The Kier molecular flexibility index (Phi) is 6.35. The van der Waals surface area contributed by atoms with Crippen molar-refractivity contribution in [3.63, 3.8) is 0 Å². The van der Waals surface area contributed by atoms with Gasteiger partial charge in [-0.25, -0.2) is 31.7 Å². The molecule has 0 aromatic carbocycles. The lowest BCUT2D eigenvalue weighted by Gasteiger charge is -2.09. The van der Waals surface area contributed by atoms with Crippen LogP contribution in [0.15, 0.2) is 17.2 Å². The third-order valence-electron chi connectivity index (χ3n) is 2.37. The molecule has 0 saturated carbocycles. The van der Waals surface area contributed by atoms with Crippen molar-refractivity contribution in [2.24, 2.45) is 5.14 Å². The molecule has 0 unspecified atom stereocenters. The third-order valence-corrected chi connectivity index (χ3v) is 4.94. The van der Waals surface area contributed by atoms with E-state index in [1.54, 1.807) is 0 Å². The van der Waals surface area contributed by atoms with Crippen LogP contribution in [0.3, 0.4) is 0 Å². The second-order valence-electron chi connectivity index (χ2n) is 4.15. The topological polar surface area (TPSA) is 131 Å². The van der Waals surface area contributed by atoms with Crippen molar-refractivity contribution < 1.29 is 16.8 Å². The maximum atomic E-state index is 12.0. The lowest BCUT2D eigenvalue weighted by Crippen LogP contribution is -2.27. The van der Waals surface area contributed by atoms with Gasteiger partial charge in [-0.2, -0.15) is 0 Å². The van der Waals surface area contributed by atoms with Gasteiger partial charge in [0, 0.05) is 19.3 Å². The van der Waals surface area contributed by atoms with E-state index in [0.29, 0.717) is 12.4 Å². The van der Waals surface area contributed by atoms with Gasteiger partial charge < -0.3 is 5.32 Å². The number of anilines is 1. The predicted molar refractivity (Wildman–Crippen MR) is 81.2 cm³/mol. The van der Waals surface area contributed by atoms with Crippen LogP contribution < -0.4 is 15.2 Å². The van der Waals surface area contributed by atoms with Gasteiger partial charge in [0.1, 0.15) is 10.7 Å². The van der Waals surface area contributed by atoms with E-state index in [-0.39, 0.29) is 28.6 Å². The number of halogens is 1. The zero-order valence-corrected chi connectivity index (χ0v) is 13.7. The first-order chi connectivity index (χ1) is 9.65. The molecule has 1 heterocycles. The third kappa shape index (κ3) is 6.14. The molecule has 0 atom stereocenters. The molecule has 21 heavy (non-hydrogen) atoms. The summed E-state index contributed by atoms with van der Waals surface area (Å²) in [6, 6.07) is 1.27. The minimum absolute atomic E-state index is 0.0503. The fourth-order valence-electron chi connectivity index (χ4n) is 1.43. The summed E-state index contributed by atoms with van der Waals surface area (Å²) in [5.41, 5.74) is 0. The lowest BCUT2D eigenvalue weighted by atomic mass is 10.4. The standard InChI is InChI=1S/C10H17ClN4O4S2/c1-2-13-10-9(11)6-8(7-14-10)21(18,19)15-4-3-5-20(12,16)17/h6-7,15H,2-5H2,1H3,(H,13,14)(H2,12,16,17). The summed E-state index contributed by atoms with van der Waals surface area (Å²) >= 11 is 5.92. The number of nitrogens with one attached hydrogen (secondary N) is 2. The van der Waals surface area contributed by atoms with Crippen molar-refractivity contribution in [1.29, 1.82) is 0 Å². The van der Waals surface area contributed by atoms with Crippen LogP contribution in [-0.4, -0.2) is 40.7 Å². The summed E-state index contributed by atoms with van der Waals surface area (Å²) in [5, 5.41) is 7.89. The van der Waals surface area contributed by atoms with Gasteiger partial charge in [0.25, 0.3) is 0 Å². The fourth-order valence-corrected chi connectivity index (χ4v) is 3.32. The van der Waals surface area contributed by atoms with Crippen molar-refractivity contribution in [2.45, 2.75) is 18.2 Å². The number of aromatic nitrogens is 1. The van der Waals surface area contributed by atoms with Gasteiger partial charge in [0.05, 0.1) is 10.8 Å². The minimum Gasteiger partial charge on any atom is -0.369 e. The number of primary sulfonamides is 1. The molecule has 1 aromatic heterocycles. The molecule has 1 aromatic rings. The molecule has 0 aliphatic rings. The van der Waals surface area contributed by atoms with Crippen LogP contribution in [0.1, 0.15) is 13.3 Å². The maximum absolute atomic E-state index is 12.0. The number of rotatable bonds is 8. The highest BCUT2D eigenvalue weighted by Crippen LogP contribution is 2.22. The molecule has 0 radical (unpaired) electrons. The molecular weight excluding hydrogens is 340 g/mol. The molecule has 0 amide bonds. The van der Waals surface area contributed by atoms with Gasteiger partial charge in [0.15, 0.2) is 0 Å². The molecule has 120 valence electrons. The Balaban J connectivity index is 2.72. The number of sulfonamides is 2. The van der Waals surface area contributed by atoms with E-state index in [9.17, 15) is 16.8 Å². The van der Waals surface area contributed by atoms with Gasteiger partial charge in [-0.15, -0.1) is 0 Å². The molecule has 8 nitrogen and oxygen atoms in total. The molecule has 4 N–H and O–H groups in total. The van der Waals surface area contributed by atoms with E-state index in [0.717, 1.165) is 0 Å². The Morgan fingerprint density at radius 2 is 2.00 bits per heavy atom. The first-order valence-electron chi connectivity index (χ1n) is 6.05. The van der Waals surface area contributed by atoms with Crippen LogP contribution in [0.25, 0.3) is 0 Å². The summed E-state index contributed by atoms with van der Waals surface area (Å²) in [6.07, 6.45) is 1.25. The highest BCUT2D eigenvalue weighted by Gasteiger charge is 2.16. The molecular formula is C10H17ClN4O4S2. The summed E-state index contributed by atoms with van der Waals surface area (Å²) in [4.78, 5) is 3.83. The molecule has 0 saturated heterocycles. The number of nitrogens with two attached hydrogens (primary N) is 1. The van der Waals surface area contributed by atoms with Crippen LogP contribution in [0.5, 0.6) is 0 Å². The minimum atomic E-state index is -3.79. The molecule has 1 rings (SSSR count). The Morgan fingerprint density at radius 3 is 2.52 bits per heavy atom. The predicted octanol–water partition coefficient (Wildman–Crippen LogP) is 0.124. The van der Waals surface area contributed by atoms with E-state index in [1.807, 2.05) is 6.92 Å². The molecule has 0 aliphatic heterocycles. The van der Waals surface area contributed by atoms with Gasteiger partial charge >= 0.3 is 0 Å². The summed E-state index contributed by atoms with van der Waals surface area (Å²) < 4.78 is 47.7. The van der Waals surface area contributed by atoms with Gasteiger partial charge in [-0.1, -0.05) is 11.6 Å². The number of pyridine rings is 1. The van der Waals surface area contributed by atoms with Crippen molar-refractivity contribution in [1.82, 2.24) is 9.71 Å². The van der Waals surface area contributed by atoms with E-state index in [4.69, 9.17) is 16.7 Å². The van der Waals surface area contributed by atoms with Crippen LogP contribution in [-0.2, 0) is 20.0 Å². The molecule has 11 heteroatoms. The van der Waals surface area contributed by atoms with Gasteiger partial charge in [-0.3, -0.25) is 0 Å². The first kappa shape index (κ1) is 18.1. The lowest BCUT2D eigenvalue weighted by molar-refractivity contribution is 0.576. The Hall–Kier alpha value is -0.940. The zero-order chi connectivity index (χ0) is 16.1. The van der Waals surface area contributed by atoms with Crippen molar-refractivity contribution in [3.05, 3.63) is 17.3 Å². The van der Waals surface area contributed by atoms with Crippen molar-refractivity contribution in [3.8, 4) is 0 Å². The van der Waals surface area contributed by atoms with E-state index in [1.165, 1.54) is 12.3 Å². The monoisotopic (exact) mass is 356 g/mol. The van der Waals surface area contributed by atoms with E-state index >= 15 is 0 Å². The van der Waals surface area contributed by atoms with Crippen LogP contribution in [0.4, 0.5) is 5.82 Å². The van der Waals surface area contributed by atoms with Crippen LogP contribution in [0, 0.1) is 0 Å². The summed E-state index contributed by atoms with van der Waals surface area (Å²) in [5.74, 6) is 0.0980. The number of nitrogens with zero attached hydrogens (tertiary/aromatic N) is 1. The average molecular weight is 357 g/mol. The molecule has 0 spiro atoms. The Morgan fingerprint density at radius 1 is 1.33 bits per heavy atom. The largest absolute Gasteiger partial charge is 0.369 e. The zero-order valence-electron chi connectivity index (χ0n) is 11.3. The van der Waals surface area contributed by atoms with Crippen molar-refractivity contribution >= 4 is 37.5 Å². The molecule has 0 bridgehead atoms. The SMILES string of the molecule is CCNc1ncc(S(=O)(=O)NCCCS(N)(=O)=O)cc1Cl. The highest BCUT2D eigenvalue weighted by molar-refractivity contribution is 7.89. The molecule has 0 aliphatic carbocycles. The normalized spacial score (nSPS) is 12.3. The quantitative estimate of drug-likeness (QED) is 0.567. The second-order valence-corrected chi connectivity index (χ2v) is 8.06. The second kappa shape index (κ2) is 7.36. The highest BCUT2D eigenvalue weighted by atomic mass is 35.5. The number of hydrogen-bond donors (Lipinski definition) is 3. The van der Waals surface area contributed by atoms with Crippen molar-refractivity contribution in [2.75, 3.05) is 24.2 Å². The fraction of sp³-hybridized carbons (Fsp3) is 0.500. The summed E-state index contributed by atoms with van der Waals surface area (Å²) in [7, 11) is -7.39. The number of hydrogen-bond acceptors (Lipinski definition) is 6. The van der Waals surface area contributed by atoms with Crippen LogP contribution in [0.2, 0.25) is 5.02 Å². The smallest absolute Gasteiger partial charge is 0.242 e. The first-order valence-corrected chi connectivity index (χ1v) is 9.63. The summed E-state index contributed by atoms with van der Waals surface area (Å²) in [6.45, 7) is 2.41. The maximum Gasteiger partial charge on any atom is 0.242 e. The van der Waals surface area contributed by atoms with E-state index < -0.39 is 20.0 Å².